The lowest BCUT2D eigenvalue weighted by molar-refractivity contribution is -0.143. The molecule has 27 heavy (non-hydrogen) atoms. The first-order valence-electron chi connectivity index (χ1n) is 10.3. The minimum absolute atomic E-state index is 0.00577. The molecule has 0 rings (SSSR count). The third kappa shape index (κ3) is 7.07. The Balaban J connectivity index is 5.57. The van der Waals surface area contributed by atoms with E-state index in [1.807, 2.05) is 34.7 Å². The largest absolute Gasteiger partial charge is 0.379 e. The SMILES string of the molecule is CCC(C)C(C(CC)OC)N(C)C(=O)C(NC(=O)C(NC)C(C)C)C(C)C. The van der Waals surface area contributed by atoms with E-state index in [2.05, 4.69) is 31.4 Å². The molecule has 0 radical (unpaired) electrons. The summed E-state index contributed by atoms with van der Waals surface area (Å²) in [6.07, 6.45) is 1.76. The molecule has 0 aromatic heterocycles. The molecule has 2 amide bonds. The van der Waals surface area contributed by atoms with Crippen LogP contribution in [0.1, 0.15) is 61.3 Å². The molecule has 2 N–H and O–H groups in total. The van der Waals surface area contributed by atoms with Crippen molar-refractivity contribution in [1.82, 2.24) is 15.5 Å². The summed E-state index contributed by atoms with van der Waals surface area (Å²) in [5.41, 5.74) is 0. The number of ether oxygens (including phenoxy) is 1. The first-order chi connectivity index (χ1) is 12.6. The van der Waals surface area contributed by atoms with Crippen molar-refractivity contribution in [1.29, 1.82) is 0 Å². The molecule has 0 fully saturated rings. The number of methoxy groups -OCH3 is 1. The number of nitrogens with zero attached hydrogens (tertiary/aromatic N) is 1. The minimum Gasteiger partial charge on any atom is -0.379 e. The zero-order valence-electron chi connectivity index (χ0n) is 19.1. The Morgan fingerprint density at radius 2 is 1.48 bits per heavy atom. The van der Waals surface area contributed by atoms with E-state index in [0.717, 1.165) is 12.8 Å². The van der Waals surface area contributed by atoms with Crippen LogP contribution in [-0.2, 0) is 14.3 Å². The molecule has 6 heteroatoms. The van der Waals surface area contributed by atoms with Crippen LogP contribution in [0.4, 0.5) is 0 Å². The van der Waals surface area contributed by atoms with Gasteiger partial charge in [-0.25, -0.2) is 0 Å². The van der Waals surface area contributed by atoms with Gasteiger partial charge < -0.3 is 20.3 Å². The molecular formula is C21H43N3O3. The van der Waals surface area contributed by atoms with Crippen LogP contribution in [0, 0.1) is 17.8 Å². The summed E-state index contributed by atoms with van der Waals surface area (Å²) in [5, 5.41) is 6.03. The Hall–Kier alpha value is -1.14. The fourth-order valence-corrected chi connectivity index (χ4v) is 3.68. The lowest BCUT2D eigenvalue weighted by atomic mass is 9.90. The maximum absolute atomic E-state index is 13.3. The number of rotatable bonds is 12. The van der Waals surface area contributed by atoms with Crippen molar-refractivity contribution in [3.05, 3.63) is 0 Å². The predicted molar refractivity (Wildman–Crippen MR) is 112 cm³/mol. The third-order valence-electron chi connectivity index (χ3n) is 5.60. The summed E-state index contributed by atoms with van der Waals surface area (Å²) >= 11 is 0. The molecule has 0 aliphatic rings. The monoisotopic (exact) mass is 385 g/mol. The summed E-state index contributed by atoms with van der Waals surface area (Å²) in [5.74, 6) is 0.243. The van der Waals surface area contributed by atoms with E-state index in [1.54, 1.807) is 19.1 Å². The summed E-state index contributed by atoms with van der Waals surface area (Å²) < 4.78 is 5.67. The molecule has 5 atom stereocenters. The van der Waals surface area contributed by atoms with E-state index >= 15 is 0 Å². The van der Waals surface area contributed by atoms with E-state index in [4.69, 9.17) is 4.74 Å². The van der Waals surface area contributed by atoms with Crippen molar-refractivity contribution in [2.24, 2.45) is 17.8 Å². The fourth-order valence-electron chi connectivity index (χ4n) is 3.68. The van der Waals surface area contributed by atoms with Gasteiger partial charge in [0.05, 0.1) is 18.2 Å². The molecule has 6 nitrogen and oxygen atoms in total. The van der Waals surface area contributed by atoms with Gasteiger partial charge in [-0.15, -0.1) is 0 Å². The molecule has 0 saturated heterocycles. The number of hydrogen-bond acceptors (Lipinski definition) is 4. The van der Waals surface area contributed by atoms with Gasteiger partial charge in [-0.05, 0) is 31.2 Å². The van der Waals surface area contributed by atoms with Gasteiger partial charge in [0, 0.05) is 14.2 Å². The Morgan fingerprint density at radius 3 is 1.81 bits per heavy atom. The van der Waals surface area contributed by atoms with Gasteiger partial charge in [0.1, 0.15) is 6.04 Å². The van der Waals surface area contributed by atoms with Crippen LogP contribution in [0.25, 0.3) is 0 Å². The number of amides is 2. The van der Waals surface area contributed by atoms with E-state index in [-0.39, 0.29) is 41.8 Å². The van der Waals surface area contributed by atoms with Gasteiger partial charge >= 0.3 is 0 Å². The van der Waals surface area contributed by atoms with Gasteiger partial charge in [-0.3, -0.25) is 9.59 Å². The van der Waals surface area contributed by atoms with Crippen LogP contribution in [0.3, 0.4) is 0 Å². The van der Waals surface area contributed by atoms with Gasteiger partial charge in [0.2, 0.25) is 11.8 Å². The summed E-state index contributed by atoms with van der Waals surface area (Å²) in [6, 6.07) is -0.907. The molecule has 0 aromatic carbocycles. The molecule has 0 spiro atoms. The van der Waals surface area contributed by atoms with Crippen molar-refractivity contribution >= 4 is 11.8 Å². The van der Waals surface area contributed by atoms with Crippen molar-refractivity contribution in [2.75, 3.05) is 21.2 Å². The van der Waals surface area contributed by atoms with Crippen LogP contribution in [0.2, 0.25) is 0 Å². The van der Waals surface area contributed by atoms with Crippen molar-refractivity contribution in [2.45, 2.75) is 85.5 Å². The highest BCUT2D eigenvalue weighted by Crippen LogP contribution is 2.23. The van der Waals surface area contributed by atoms with E-state index in [0.29, 0.717) is 5.92 Å². The molecule has 0 heterocycles. The first-order valence-corrected chi connectivity index (χ1v) is 10.3. The smallest absolute Gasteiger partial charge is 0.245 e. The Bertz CT molecular complexity index is 450. The summed E-state index contributed by atoms with van der Waals surface area (Å²) in [6.45, 7) is 14.3. The molecule has 0 aliphatic carbocycles. The van der Waals surface area contributed by atoms with Crippen LogP contribution in [-0.4, -0.2) is 62.1 Å². The van der Waals surface area contributed by atoms with Crippen LogP contribution >= 0.6 is 0 Å². The van der Waals surface area contributed by atoms with Gasteiger partial charge in [0.15, 0.2) is 0 Å². The number of hydrogen-bond donors (Lipinski definition) is 2. The highest BCUT2D eigenvalue weighted by atomic mass is 16.5. The minimum atomic E-state index is -0.557. The highest BCUT2D eigenvalue weighted by Gasteiger charge is 2.36. The summed E-state index contributed by atoms with van der Waals surface area (Å²) in [7, 11) is 5.30. The second-order valence-electron chi connectivity index (χ2n) is 8.25. The van der Waals surface area contributed by atoms with Gasteiger partial charge in [0.25, 0.3) is 0 Å². The number of likely N-dealkylation sites (N-methyl/N-ethyl adjacent to an activating group) is 2. The van der Waals surface area contributed by atoms with Gasteiger partial charge in [-0.1, -0.05) is 54.9 Å². The first kappa shape index (κ1) is 25.9. The Labute approximate surface area is 166 Å². The molecule has 160 valence electrons. The zero-order chi connectivity index (χ0) is 21.3. The van der Waals surface area contributed by atoms with Gasteiger partial charge in [-0.2, -0.15) is 0 Å². The lowest BCUT2D eigenvalue weighted by Crippen LogP contribution is -2.59. The molecular weight excluding hydrogens is 342 g/mol. The van der Waals surface area contributed by atoms with Crippen LogP contribution in [0.5, 0.6) is 0 Å². The number of carbonyl (C=O) groups excluding carboxylic acids is 2. The average molecular weight is 386 g/mol. The summed E-state index contributed by atoms with van der Waals surface area (Å²) in [4.78, 5) is 27.8. The lowest BCUT2D eigenvalue weighted by Gasteiger charge is -2.40. The maximum Gasteiger partial charge on any atom is 0.245 e. The quantitative estimate of drug-likeness (QED) is 0.542. The second kappa shape index (κ2) is 12.3. The second-order valence-corrected chi connectivity index (χ2v) is 8.25. The van der Waals surface area contributed by atoms with Crippen molar-refractivity contribution in [3.63, 3.8) is 0 Å². The third-order valence-corrected chi connectivity index (χ3v) is 5.60. The normalized spacial score (nSPS) is 17.3. The average Bonchev–Trinajstić information content (AvgIpc) is 2.62. The van der Waals surface area contributed by atoms with Crippen LogP contribution in [0.15, 0.2) is 0 Å². The molecule has 5 unspecified atom stereocenters. The molecule has 0 bridgehead atoms. The fraction of sp³-hybridized carbons (Fsp3) is 0.905. The Kier molecular flexibility index (Phi) is 11.8. The van der Waals surface area contributed by atoms with Crippen molar-refractivity contribution < 1.29 is 14.3 Å². The molecule has 0 aromatic rings. The maximum atomic E-state index is 13.3. The predicted octanol–water partition coefficient (Wildman–Crippen LogP) is 2.67. The van der Waals surface area contributed by atoms with E-state index < -0.39 is 6.04 Å². The van der Waals surface area contributed by atoms with Crippen molar-refractivity contribution in [3.8, 4) is 0 Å². The zero-order valence-corrected chi connectivity index (χ0v) is 19.1. The number of nitrogens with one attached hydrogen (secondary N) is 2. The molecule has 0 aliphatic heterocycles. The number of carbonyl (C=O) groups is 2. The van der Waals surface area contributed by atoms with Crippen LogP contribution < -0.4 is 10.6 Å². The Morgan fingerprint density at radius 1 is 0.963 bits per heavy atom. The molecule has 0 saturated carbocycles. The standard InChI is InChI=1S/C21H43N3O3/c1-11-15(7)19(16(12-2)27-10)24(9)21(26)18(14(5)6)23-20(25)17(22-8)13(3)4/h13-19,22H,11-12H2,1-10H3,(H,23,25). The van der Waals surface area contributed by atoms with E-state index in [1.165, 1.54) is 0 Å². The van der Waals surface area contributed by atoms with E-state index in [9.17, 15) is 9.59 Å². The highest BCUT2D eigenvalue weighted by molar-refractivity contribution is 5.90. The topological polar surface area (TPSA) is 70.7 Å².